The van der Waals surface area contributed by atoms with Crippen molar-refractivity contribution < 1.29 is 4.74 Å². The monoisotopic (exact) mass is 362 g/mol. The van der Waals surface area contributed by atoms with Crippen LogP contribution in [0.15, 0.2) is 18.5 Å². The second-order valence-electron chi connectivity index (χ2n) is 8.01. The molecule has 138 valence electrons. The molecule has 1 aliphatic carbocycles. The molecule has 2 fully saturated rings. The number of aryl methyl sites for hydroxylation is 2. The number of rotatable bonds is 2. The zero-order valence-electron chi connectivity index (χ0n) is 15.5. The number of ether oxygens (including phenoxy) is 1. The molecule has 3 aromatic rings. The molecule has 2 aliphatic heterocycles. The number of hydrogen-bond donors (Lipinski definition) is 0. The Balaban J connectivity index is 1.31. The van der Waals surface area contributed by atoms with Gasteiger partial charge in [0.15, 0.2) is 11.5 Å². The lowest BCUT2D eigenvalue weighted by Gasteiger charge is -2.31. The Hall–Kier alpha value is -2.54. The van der Waals surface area contributed by atoms with E-state index in [1.54, 1.807) is 0 Å². The molecule has 3 aromatic heterocycles. The third kappa shape index (κ3) is 2.31. The molecule has 5 heterocycles. The smallest absolute Gasteiger partial charge is 0.177 e. The van der Waals surface area contributed by atoms with Gasteiger partial charge in [0.2, 0.25) is 0 Å². The van der Waals surface area contributed by atoms with Crippen LogP contribution in [0.25, 0.3) is 11.8 Å². The fourth-order valence-corrected chi connectivity index (χ4v) is 4.48. The van der Waals surface area contributed by atoms with Crippen LogP contribution in [0.4, 0.5) is 0 Å². The van der Waals surface area contributed by atoms with Gasteiger partial charge in [-0.3, -0.25) is 4.98 Å². The normalized spacial score (nSPS) is 29.0. The van der Waals surface area contributed by atoms with Crippen molar-refractivity contribution in [3.8, 4) is 0 Å². The molecule has 7 nitrogen and oxygen atoms in total. The van der Waals surface area contributed by atoms with Gasteiger partial charge in [0, 0.05) is 43.0 Å². The number of aromatic nitrogens is 6. The van der Waals surface area contributed by atoms with Crippen LogP contribution in [0.2, 0.25) is 0 Å². The fourth-order valence-electron chi connectivity index (χ4n) is 4.48. The number of fused-ring (bicyclic) bond motifs is 4. The predicted molar refractivity (Wildman–Crippen MR) is 99.3 cm³/mol. The summed E-state index contributed by atoms with van der Waals surface area (Å²) >= 11 is 0. The Morgan fingerprint density at radius 3 is 3.00 bits per heavy atom. The molecule has 27 heavy (non-hydrogen) atoms. The van der Waals surface area contributed by atoms with E-state index in [-0.39, 0.29) is 6.10 Å². The molecular weight excluding hydrogens is 340 g/mol. The first-order chi connectivity index (χ1) is 13.2. The van der Waals surface area contributed by atoms with Crippen LogP contribution in [0.3, 0.4) is 0 Å². The van der Waals surface area contributed by atoms with Crippen molar-refractivity contribution in [3.05, 3.63) is 47.2 Å². The van der Waals surface area contributed by atoms with E-state index in [2.05, 4.69) is 28.0 Å². The van der Waals surface area contributed by atoms with Crippen molar-refractivity contribution in [1.82, 2.24) is 29.1 Å². The zero-order valence-corrected chi connectivity index (χ0v) is 15.5. The maximum absolute atomic E-state index is 6.03. The lowest BCUT2D eigenvalue weighted by molar-refractivity contribution is -0.0203. The summed E-state index contributed by atoms with van der Waals surface area (Å²) in [6, 6.07) is 0. The Morgan fingerprint density at radius 1 is 1.19 bits per heavy atom. The maximum atomic E-state index is 6.03. The van der Waals surface area contributed by atoms with E-state index >= 15 is 0 Å². The minimum atomic E-state index is 0.111. The van der Waals surface area contributed by atoms with Crippen molar-refractivity contribution in [3.63, 3.8) is 0 Å². The van der Waals surface area contributed by atoms with Crippen LogP contribution in [0.1, 0.15) is 65.9 Å². The lowest BCUT2D eigenvalue weighted by Crippen LogP contribution is -2.25. The summed E-state index contributed by atoms with van der Waals surface area (Å²) in [5.41, 5.74) is 3.93. The van der Waals surface area contributed by atoms with Gasteiger partial charge in [0.05, 0.1) is 17.1 Å². The van der Waals surface area contributed by atoms with Crippen molar-refractivity contribution in [2.45, 2.75) is 51.0 Å². The number of nitrogens with zero attached hydrogens (tertiary/aromatic N) is 6. The van der Waals surface area contributed by atoms with E-state index in [4.69, 9.17) is 19.8 Å². The molecule has 4 unspecified atom stereocenters. The third-order valence-corrected chi connectivity index (χ3v) is 6.12. The highest BCUT2D eigenvalue weighted by Crippen LogP contribution is 2.54. The number of hydrogen-bond acceptors (Lipinski definition) is 5. The quantitative estimate of drug-likeness (QED) is 0.700. The lowest BCUT2D eigenvalue weighted by atomic mass is 9.92. The van der Waals surface area contributed by atoms with Gasteiger partial charge in [-0.1, -0.05) is 6.08 Å². The molecule has 0 N–H and O–H groups in total. The molecule has 4 atom stereocenters. The molecule has 0 radical (unpaired) electrons. The molecular formula is C20H22N6O. The SMILES string of the molecule is Cc1ncc(C)n2nc(C3CC3c3cn4c(n3)C3OCCCC3C=C4)nc12. The second-order valence-corrected chi connectivity index (χ2v) is 8.01. The van der Waals surface area contributed by atoms with Crippen molar-refractivity contribution >= 4 is 11.8 Å². The average molecular weight is 362 g/mol. The maximum Gasteiger partial charge on any atom is 0.177 e. The summed E-state index contributed by atoms with van der Waals surface area (Å²) < 4.78 is 10.1. The van der Waals surface area contributed by atoms with Crippen LogP contribution < -0.4 is 0 Å². The Morgan fingerprint density at radius 2 is 2.11 bits per heavy atom. The second kappa shape index (κ2) is 5.48. The summed E-state index contributed by atoms with van der Waals surface area (Å²) in [6.07, 6.45) is 11.9. The van der Waals surface area contributed by atoms with Crippen LogP contribution in [-0.4, -0.2) is 35.7 Å². The van der Waals surface area contributed by atoms with Crippen molar-refractivity contribution in [2.75, 3.05) is 6.61 Å². The van der Waals surface area contributed by atoms with Gasteiger partial charge in [-0.15, -0.1) is 0 Å². The summed E-state index contributed by atoms with van der Waals surface area (Å²) in [4.78, 5) is 14.1. The van der Waals surface area contributed by atoms with E-state index in [0.29, 0.717) is 17.8 Å². The third-order valence-electron chi connectivity index (χ3n) is 6.12. The summed E-state index contributed by atoms with van der Waals surface area (Å²) in [5, 5.41) is 4.75. The van der Waals surface area contributed by atoms with E-state index in [0.717, 1.165) is 53.8 Å². The molecule has 3 aliphatic rings. The van der Waals surface area contributed by atoms with Gasteiger partial charge in [0.1, 0.15) is 11.9 Å². The summed E-state index contributed by atoms with van der Waals surface area (Å²) in [6.45, 7) is 4.83. The Bertz CT molecular complexity index is 1040. The van der Waals surface area contributed by atoms with Gasteiger partial charge < -0.3 is 9.30 Å². The highest BCUT2D eigenvalue weighted by atomic mass is 16.5. The first-order valence-corrected chi connectivity index (χ1v) is 9.76. The van der Waals surface area contributed by atoms with Gasteiger partial charge in [-0.05, 0) is 33.1 Å². The average Bonchev–Trinajstić information content (AvgIpc) is 3.15. The Labute approximate surface area is 157 Å². The van der Waals surface area contributed by atoms with Crippen LogP contribution in [0.5, 0.6) is 0 Å². The molecule has 1 saturated heterocycles. The first-order valence-electron chi connectivity index (χ1n) is 9.76. The molecule has 0 spiro atoms. The van der Waals surface area contributed by atoms with E-state index in [1.807, 2.05) is 24.6 Å². The van der Waals surface area contributed by atoms with Gasteiger partial charge in [-0.25, -0.2) is 14.5 Å². The van der Waals surface area contributed by atoms with Crippen molar-refractivity contribution in [1.29, 1.82) is 0 Å². The molecule has 0 amide bonds. The van der Waals surface area contributed by atoms with E-state index in [9.17, 15) is 0 Å². The van der Waals surface area contributed by atoms with Gasteiger partial charge >= 0.3 is 0 Å². The van der Waals surface area contributed by atoms with Crippen LogP contribution in [-0.2, 0) is 4.74 Å². The highest BCUT2D eigenvalue weighted by molar-refractivity contribution is 5.45. The fraction of sp³-hybridized carbons (Fsp3) is 0.500. The summed E-state index contributed by atoms with van der Waals surface area (Å²) in [5.74, 6) is 3.17. The first kappa shape index (κ1) is 15.5. The highest BCUT2D eigenvalue weighted by Gasteiger charge is 2.45. The van der Waals surface area contributed by atoms with Gasteiger partial charge in [-0.2, -0.15) is 5.10 Å². The molecule has 1 saturated carbocycles. The van der Waals surface area contributed by atoms with Crippen LogP contribution >= 0.6 is 0 Å². The zero-order chi connectivity index (χ0) is 18.1. The minimum absolute atomic E-state index is 0.111. The summed E-state index contributed by atoms with van der Waals surface area (Å²) in [7, 11) is 0. The predicted octanol–water partition coefficient (Wildman–Crippen LogP) is 3.16. The Kier molecular flexibility index (Phi) is 3.15. The largest absolute Gasteiger partial charge is 0.370 e. The molecule has 0 aromatic carbocycles. The minimum Gasteiger partial charge on any atom is -0.370 e. The van der Waals surface area contributed by atoms with Crippen LogP contribution in [0, 0.1) is 19.8 Å². The standard InChI is InChI=1S/C20H22N6O/c1-11-9-21-12(2)19-23-18(24-26(11)19)15-8-14(15)16-10-25-6-5-13-4-3-7-27-17(13)20(25)22-16/h5-6,9-10,13-15,17H,3-4,7-8H2,1-2H3. The molecule has 7 heteroatoms. The topological polar surface area (TPSA) is 70.1 Å². The molecule has 6 rings (SSSR count). The van der Waals surface area contributed by atoms with E-state index < -0.39 is 0 Å². The molecule has 0 bridgehead atoms. The number of imidazole rings is 1. The van der Waals surface area contributed by atoms with Gasteiger partial charge in [0.25, 0.3) is 0 Å². The van der Waals surface area contributed by atoms with E-state index in [1.165, 1.54) is 6.42 Å². The van der Waals surface area contributed by atoms with Crippen molar-refractivity contribution in [2.24, 2.45) is 5.92 Å².